The van der Waals surface area contributed by atoms with Gasteiger partial charge in [-0.05, 0) is 64.7 Å². The topological polar surface area (TPSA) is 81.9 Å². The van der Waals surface area contributed by atoms with Gasteiger partial charge in [0.15, 0.2) is 6.61 Å². The normalized spacial score (nSPS) is 10.8. The molecule has 0 aliphatic heterocycles. The second-order valence-corrected chi connectivity index (χ2v) is 6.31. The van der Waals surface area contributed by atoms with E-state index < -0.39 is 0 Å². The average molecular weight is 351 g/mol. The van der Waals surface area contributed by atoms with Crippen molar-refractivity contribution in [3.63, 3.8) is 0 Å². The first-order valence-electron chi connectivity index (χ1n) is 8.39. The molecule has 3 rings (SSSR count). The number of carbonyl (C=O) groups excluding carboxylic acids is 1. The highest BCUT2D eigenvalue weighted by Crippen LogP contribution is 2.23. The van der Waals surface area contributed by atoms with Crippen LogP contribution in [0.5, 0.6) is 5.75 Å². The quantitative estimate of drug-likeness (QED) is 0.738. The highest BCUT2D eigenvalue weighted by atomic mass is 16.5. The second kappa shape index (κ2) is 7.77. The molecule has 0 radical (unpaired) electrons. The summed E-state index contributed by atoms with van der Waals surface area (Å²) in [5.74, 6) is 0.911. The molecule has 7 nitrogen and oxygen atoms in total. The Bertz CT molecular complexity index is 891. The second-order valence-electron chi connectivity index (χ2n) is 6.31. The van der Waals surface area contributed by atoms with Gasteiger partial charge in [0.2, 0.25) is 0 Å². The van der Waals surface area contributed by atoms with Crippen molar-refractivity contribution < 1.29 is 9.53 Å². The maximum Gasteiger partial charge on any atom is 0.262 e. The number of anilines is 1. The number of hydrogen-bond acceptors (Lipinski definition) is 5. The molecule has 1 heterocycles. The van der Waals surface area contributed by atoms with Gasteiger partial charge in [-0.2, -0.15) is 0 Å². The van der Waals surface area contributed by atoms with Gasteiger partial charge >= 0.3 is 0 Å². The molecular weight excluding hydrogens is 330 g/mol. The van der Waals surface area contributed by atoms with Gasteiger partial charge in [-0.3, -0.25) is 4.79 Å². The Hall–Kier alpha value is -3.22. The number of benzene rings is 2. The third kappa shape index (κ3) is 4.24. The lowest BCUT2D eigenvalue weighted by molar-refractivity contribution is -0.118. The predicted molar refractivity (Wildman–Crippen MR) is 98.5 cm³/mol. The van der Waals surface area contributed by atoms with E-state index in [1.54, 1.807) is 12.1 Å². The number of rotatable bonds is 6. The zero-order chi connectivity index (χ0) is 18.5. The third-order valence-electron chi connectivity index (χ3n) is 3.98. The molecule has 26 heavy (non-hydrogen) atoms. The summed E-state index contributed by atoms with van der Waals surface area (Å²) in [6.07, 6.45) is 1.49. The van der Waals surface area contributed by atoms with Crippen molar-refractivity contribution in [3.8, 4) is 11.4 Å². The molecule has 2 aromatic carbocycles. The van der Waals surface area contributed by atoms with Crippen molar-refractivity contribution in [2.75, 3.05) is 11.9 Å². The number of tetrazole rings is 1. The van der Waals surface area contributed by atoms with Crippen molar-refractivity contribution in [1.82, 2.24) is 20.2 Å². The van der Waals surface area contributed by atoms with Gasteiger partial charge in [0.25, 0.3) is 5.91 Å². The highest BCUT2D eigenvalue weighted by Gasteiger charge is 2.08. The maximum atomic E-state index is 12.2. The smallest absolute Gasteiger partial charge is 0.262 e. The standard InChI is InChI=1S/C19H21N5O2/c1-13(2)18-8-7-17(9-14(18)3)26-11-19(25)21-15-5-4-6-16(10-15)24-12-20-22-23-24/h4-10,12-13H,11H2,1-3H3,(H,21,25). The van der Waals surface area contributed by atoms with Gasteiger partial charge in [-0.15, -0.1) is 5.10 Å². The first kappa shape index (κ1) is 17.6. The number of nitrogens with one attached hydrogen (secondary N) is 1. The van der Waals surface area contributed by atoms with E-state index in [4.69, 9.17) is 4.74 Å². The van der Waals surface area contributed by atoms with Crippen LogP contribution in [0.2, 0.25) is 0 Å². The Morgan fingerprint density at radius 2 is 2.08 bits per heavy atom. The number of aromatic nitrogens is 4. The first-order chi connectivity index (χ1) is 12.5. The first-order valence-corrected chi connectivity index (χ1v) is 8.39. The van der Waals surface area contributed by atoms with Crippen molar-refractivity contribution in [2.45, 2.75) is 26.7 Å². The Morgan fingerprint density at radius 3 is 2.77 bits per heavy atom. The van der Waals surface area contributed by atoms with Crippen LogP contribution in [0.15, 0.2) is 48.8 Å². The van der Waals surface area contributed by atoms with E-state index in [1.807, 2.05) is 37.3 Å². The van der Waals surface area contributed by atoms with E-state index in [9.17, 15) is 4.79 Å². The van der Waals surface area contributed by atoms with Gasteiger partial charge in [-0.1, -0.05) is 26.0 Å². The Balaban J connectivity index is 1.59. The maximum absolute atomic E-state index is 12.2. The number of hydrogen-bond donors (Lipinski definition) is 1. The number of aryl methyl sites for hydroxylation is 1. The van der Waals surface area contributed by atoms with Crippen molar-refractivity contribution in [2.24, 2.45) is 0 Å². The molecule has 3 aromatic rings. The Morgan fingerprint density at radius 1 is 1.23 bits per heavy atom. The lowest BCUT2D eigenvalue weighted by Crippen LogP contribution is -2.20. The molecule has 0 unspecified atom stereocenters. The van der Waals surface area contributed by atoms with Crippen molar-refractivity contribution in [1.29, 1.82) is 0 Å². The molecule has 1 amide bonds. The van der Waals surface area contributed by atoms with Crippen LogP contribution in [0.25, 0.3) is 5.69 Å². The summed E-state index contributed by atoms with van der Waals surface area (Å²) in [7, 11) is 0. The molecule has 0 fully saturated rings. The summed E-state index contributed by atoms with van der Waals surface area (Å²) in [4.78, 5) is 12.2. The summed E-state index contributed by atoms with van der Waals surface area (Å²) in [6.45, 7) is 6.29. The third-order valence-corrected chi connectivity index (χ3v) is 3.98. The SMILES string of the molecule is Cc1cc(OCC(=O)Nc2cccc(-n3cnnn3)c2)ccc1C(C)C. The Labute approximate surface area is 152 Å². The molecule has 0 saturated carbocycles. The largest absolute Gasteiger partial charge is 0.484 e. The number of carbonyl (C=O) groups is 1. The van der Waals surface area contributed by atoms with Crippen LogP contribution >= 0.6 is 0 Å². The molecule has 0 spiro atoms. The average Bonchev–Trinajstić information content (AvgIpc) is 3.14. The molecule has 0 bridgehead atoms. The minimum absolute atomic E-state index is 0.0599. The zero-order valence-electron chi connectivity index (χ0n) is 15.0. The highest BCUT2D eigenvalue weighted by molar-refractivity contribution is 5.92. The van der Waals surface area contributed by atoms with Gasteiger partial charge in [-0.25, -0.2) is 4.68 Å². The van der Waals surface area contributed by atoms with Crippen LogP contribution in [0.4, 0.5) is 5.69 Å². The Kier molecular flexibility index (Phi) is 5.26. The van der Waals surface area contributed by atoms with Gasteiger partial charge in [0, 0.05) is 5.69 Å². The van der Waals surface area contributed by atoms with E-state index in [-0.39, 0.29) is 12.5 Å². The van der Waals surface area contributed by atoms with E-state index in [1.165, 1.54) is 16.6 Å². The van der Waals surface area contributed by atoms with E-state index in [0.717, 1.165) is 11.3 Å². The van der Waals surface area contributed by atoms with E-state index in [2.05, 4.69) is 34.7 Å². The molecule has 1 aromatic heterocycles. The molecule has 0 aliphatic carbocycles. The van der Waals surface area contributed by atoms with Crippen LogP contribution in [-0.4, -0.2) is 32.7 Å². The fraction of sp³-hybridized carbons (Fsp3) is 0.263. The molecule has 1 N–H and O–H groups in total. The summed E-state index contributed by atoms with van der Waals surface area (Å²) in [5.41, 5.74) is 3.85. The monoisotopic (exact) mass is 351 g/mol. The lowest BCUT2D eigenvalue weighted by atomic mass is 9.98. The molecule has 0 atom stereocenters. The summed E-state index contributed by atoms with van der Waals surface area (Å²) < 4.78 is 7.13. The fourth-order valence-electron chi connectivity index (χ4n) is 2.74. The van der Waals surface area contributed by atoms with Crippen LogP contribution in [0, 0.1) is 6.92 Å². The van der Waals surface area contributed by atoms with Crippen LogP contribution < -0.4 is 10.1 Å². The molecular formula is C19H21N5O2. The van der Waals surface area contributed by atoms with Crippen LogP contribution in [0.3, 0.4) is 0 Å². The van der Waals surface area contributed by atoms with Crippen LogP contribution in [-0.2, 0) is 4.79 Å². The molecule has 7 heteroatoms. The predicted octanol–water partition coefficient (Wildman–Crippen LogP) is 3.11. The number of amides is 1. The van der Waals surface area contributed by atoms with Gasteiger partial charge < -0.3 is 10.1 Å². The molecule has 134 valence electrons. The lowest BCUT2D eigenvalue weighted by Gasteiger charge is -2.12. The van der Waals surface area contributed by atoms with E-state index in [0.29, 0.717) is 17.4 Å². The summed E-state index contributed by atoms with van der Waals surface area (Å²) in [6, 6.07) is 13.2. The fourth-order valence-corrected chi connectivity index (χ4v) is 2.74. The van der Waals surface area contributed by atoms with Gasteiger partial charge in [0.05, 0.1) is 5.69 Å². The summed E-state index contributed by atoms with van der Waals surface area (Å²) >= 11 is 0. The van der Waals surface area contributed by atoms with Crippen molar-refractivity contribution in [3.05, 3.63) is 59.9 Å². The minimum atomic E-state index is -0.232. The number of nitrogens with zero attached hydrogens (tertiary/aromatic N) is 4. The van der Waals surface area contributed by atoms with Crippen molar-refractivity contribution >= 4 is 11.6 Å². The summed E-state index contributed by atoms with van der Waals surface area (Å²) in [5, 5.41) is 13.8. The van der Waals surface area contributed by atoms with Crippen LogP contribution in [0.1, 0.15) is 30.9 Å². The molecule has 0 saturated heterocycles. The van der Waals surface area contributed by atoms with Gasteiger partial charge in [0.1, 0.15) is 12.1 Å². The molecule has 0 aliphatic rings. The minimum Gasteiger partial charge on any atom is -0.484 e. The zero-order valence-corrected chi connectivity index (χ0v) is 15.0. The van der Waals surface area contributed by atoms with E-state index >= 15 is 0 Å². The number of ether oxygens (including phenoxy) is 1.